The van der Waals surface area contributed by atoms with Gasteiger partial charge in [-0.3, -0.25) is 14.5 Å². The van der Waals surface area contributed by atoms with Crippen LogP contribution in [0.4, 0.5) is 18.0 Å². The maximum atomic E-state index is 15.3. The van der Waals surface area contributed by atoms with Gasteiger partial charge in [0.1, 0.15) is 23.0 Å². The summed E-state index contributed by atoms with van der Waals surface area (Å²) in [6, 6.07) is 10.4. The highest BCUT2D eigenvalue weighted by molar-refractivity contribution is 8.09. The molecule has 0 spiro atoms. The zero-order valence-corrected chi connectivity index (χ0v) is 25.8. The lowest BCUT2D eigenvalue weighted by Gasteiger charge is -2.33. The second-order valence-corrected chi connectivity index (χ2v) is 13.8. The Morgan fingerprint density at radius 1 is 1.23 bits per heavy atom. The van der Waals surface area contributed by atoms with Crippen LogP contribution < -0.4 is 14.9 Å². The second kappa shape index (κ2) is 13.5. The molecule has 1 saturated heterocycles. The molecule has 2 amide bonds. The maximum absolute atomic E-state index is 15.3. The molecule has 234 valence electrons. The Hall–Kier alpha value is -2.74. The molecule has 0 aromatic heterocycles. The average Bonchev–Trinajstić information content (AvgIpc) is 3.23. The van der Waals surface area contributed by atoms with E-state index < -0.39 is 85.6 Å². The van der Waals surface area contributed by atoms with Crippen LogP contribution in [0, 0.1) is 0 Å². The number of carbonyl (C=O) groups is 3. The van der Waals surface area contributed by atoms with Crippen LogP contribution >= 0.6 is 18.2 Å². The van der Waals surface area contributed by atoms with Crippen molar-refractivity contribution in [2.24, 2.45) is 0 Å². The molecule has 0 radical (unpaired) electrons. The van der Waals surface area contributed by atoms with Gasteiger partial charge < -0.3 is 23.8 Å². The third kappa shape index (κ3) is 7.86. The average molecular weight is 664 g/mol. The third-order valence-corrected chi connectivity index (χ3v) is 9.30. The summed E-state index contributed by atoms with van der Waals surface area (Å²) in [6.45, 7) is -0.532. The first kappa shape index (κ1) is 33.2. The van der Waals surface area contributed by atoms with E-state index in [0.29, 0.717) is 4.90 Å². The molecule has 1 fully saturated rings. The zero-order chi connectivity index (χ0) is 31.5. The number of rotatable bonds is 11. The Morgan fingerprint density at radius 3 is 2.60 bits per heavy atom. The summed E-state index contributed by atoms with van der Waals surface area (Å²) >= 11 is 11.5. The van der Waals surface area contributed by atoms with Crippen LogP contribution in [0.1, 0.15) is 27.2 Å². The fraction of sp³-hybridized carbons (Fsp3) is 0.444. The highest BCUT2D eigenvalue weighted by Crippen LogP contribution is 2.49. The summed E-state index contributed by atoms with van der Waals surface area (Å²) in [4.78, 5) is 37.6. The van der Waals surface area contributed by atoms with Crippen LogP contribution in [0.2, 0.25) is 0 Å². The van der Waals surface area contributed by atoms with Gasteiger partial charge in [0.25, 0.3) is 6.43 Å². The number of benzene rings is 2. The minimum absolute atomic E-state index is 0.226. The molecule has 2 aromatic rings. The summed E-state index contributed by atoms with van der Waals surface area (Å²) in [5.41, 5.74) is -2.58. The number of esters is 1. The number of alkyl halides is 3. The van der Waals surface area contributed by atoms with Crippen molar-refractivity contribution in [1.82, 2.24) is 15.3 Å². The predicted molar refractivity (Wildman–Crippen MR) is 156 cm³/mol. The minimum Gasteiger partial charge on any atom is -0.462 e. The van der Waals surface area contributed by atoms with Crippen LogP contribution in [0.15, 0.2) is 53.7 Å². The molecule has 4 rings (SSSR count). The van der Waals surface area contributed by atoms with E-state index in [1.54, 1.807) is 32.0 Å². The predicted octanol–water partition coefficient (Wildman–Crippen LogP) is 5.15. The number of hydrogen-bond donors (Lipinski definition) is 2. The molecular formula is C27H30ClF3N3O7PS. The van der Waals surface area contributed by atoms with E-state index in [1.165, 1.54) is 6.92 Å². The van der Waals surface area contributed by atoms with Gasteiger partial charge in [-0.05, 0) is 55.5 Å². The molecule has 10 nitrogen and oxygen atoms in total. The molecule has 2 heterocycles. The van der Waals surface area contributed by atoms with Crippen molar-refractivity contribution in [3.05, 3.63) is 53.7 Å². The van der Waals surface area contributed by atoms with E-state index >= 15 is 4.39 Å². The Bertz CT molecular complexity index is 1470. The van der Waals surface area contributed by atoms with Crippen LogP contribution in [0.25, 0.3) is 10.8 Å². The largest absolute Gasteiger partial charge is 0.462 e. The molecule has 0 aliphatic carbocycles. The molecule has 0 saturated carbocycles. The lowest BCUT2D eigenvalue weighted by atomic mass is 10.0. The smallest absolute Gasteiger partial charge is 0.324 e. The molecule has 16 heteroatoms. The highest BCUT2D eigenvalue weighted by atomic mass is 35.5. The standard InChI is InChI=1S/C27H30ClF3N3O7PS/c1-15(2)39-24(36)16(3)33-42(43,41-19-9-8-17-6-4-5-7-18(17)10-19)38-14-27(25(30)31)11-21(29)23(40-27)34-13-20(28)22(35)12-32-26(34)37/h4-10,13,15-16,21,23,25H,11-12,14H2,1-3H3,(H,32,37)(H,33,43)/t16-,21+,23+,27-,42?/m0/s1. The van der Waals surface area contributed by atoms with E-state index in [1.807, 2.05) is 24.3 Å². The van der Waals surface area contributed by atoms with Gasteiger partial charge in [0, 0.05) is 12.6 Å². The van der Waals surface area contributed by atoms with E-state index in [0.717, 1.165) is 17.0 Å². The number of urea groups is 1. The number of halogens is 4. The first-order chi connectivity index (χ1) is 20.2. The van der Waals surface area contributed by atoms with Gasteiger partial charge in [-0.25, -0.2) is 23.1 Å². The number of fused-ring (bicyclic) bond motifs is 1. The number of hydrogen-bond acceptors (Lipinski definition) is 8. The summed E-state index contributed by atoms with van der Waals surface area (Å²) in [6.07, 6.45) is -7.79. The Balaban J connectivity index is 1.60. The van der Waals surface area contributed by atoms with Gasteiger partial charge in [-0.2, -0.15) is 0 Å². The van der Waals surface area contributed by atoms with Crippen molar-refractivity contribution in [2.45, 2.75) is 63.8 Å². The molecule has 2 aliphatic rings. The van der Waals surface area contributed by atoms with Gasteiger partial charge >= 0.3 is 18.6 Å². The van der Waals surface area contributed by atoms with Crippen molar-refractivity contribution in [1.29, 1.82) is 0 Å². The quantitative estimate of drug-likeness (QED) is 0.249. The fourth-order valence-electron chi connectivity index (χ4n) is 4.37. The normalized spacial score (nSPS) is 24.9. The monoisotopic (exact) mass is 663 g/mol. The molecule has 0 bridgehead atoms. The van der Waals surface area contributed by atoms with Gasteiger partial charge in [0.2, 0.25) is 0 Å². The van der Waals surface area contributed by atoms with Gasteiger partial charge in [-0.1, -0.05) is 41.9 Å². The first-order valence-corrected chi connectivity index (χ1v) is 16.2. The number of amides is 2. The molecule has 5 atom stereocenters. The van der Waals surface area contributed by atoms with Crippen LogP contribution in [-0.2, 0) is 35.4 Å². The summed E-state index contributed by atoms with van der Waals surface area (Å²) in [5, 5.41) is 6.26. The van der Waals surface area contributed by atoms with Gasteiger partial charge in [0.05, 0.1) is 19.3 Å². The Kier molecular flexibility index (Phi) is 10.4. The Labute approximate surface area is 256 Å². The first-order valence-electron chi connectivity index (χ1n) is 13.2. The van der Waals surface area contributed by atoms with E-state index in [9.17, 15) is 23.2 Å². The lowest BCUT2D eigenvalue weighted by molar-refractivity contribution is -0.169. The van der Waals surface area contributed by atoms with Crippen LogP contribution in [0.5, 0.6) is 5.75 Å². The number of Topliss-reactive ketones (excluding diaryl/α,β-unsaturated/α-hetero) is 1. The topological polar surface area (TPSA) is 115 Å². The molecule has 2 aliphatic heterocycles. The third-order valence-electron chi connectivity index (χ3n) is 6.51. The van der Waals surface area contributed by atoms with Crippen molar-refractivity contribution >= 4 is 58.6 Å². The SMILES string of the molecule is CC(C)OC(=O)[C@H](C)NP(=S)(OC[C@]1(C(F)F)C[C@@H](F)[C@H](N2C=C(Cl)C(=O)CNC2=O)O1)Oc1ccc2ccccc2c1. The number of carbonyl (C=O) groups excluding carboxylic acids is 3. The number of ether oxygens (including phenoxy) is 2. The molecule has 2 aromatic carbocycles. The van der Waals surface area contributed by atoms with E-state index in [4.69, 9.17) is 41.9 Å². The summed E-state index contributed by atoms with van der Waals surface area (Å²) in [7, 11) is 0. The summed E-state index contributed by atoms with van der Waals surface area (Å²) in [5.74, 6) is -1.12. The fourth-order valence-corrected chi connectivity index (χ4v) is 6.97. The van der Waals surface area contributed by atoms with Crippen molar-refractivity contribution < 1.29 is 46.1 Å². The molecule has 2 N–H and O–H groups in total. The lowest BCUT2D eigenvalue weighted by Crippen LogP contribution is -2.48. The van der Waals surface area contributed by atoms with E-state index in [-0.39, 0.29) is 5.75 Å². The minimum atomic E-state index is -3.84. The highest BCUT2D eigenvalue weighted by Gasteiger charge is 2.56. The van der Waals surface area contributed by atoms with Gasteiger partial charge in [-0.15, -0.1) is 0 Å². The molecule has 43 heavy (non-hydrogen) atoms. The molecule has 1 unspecified atom stereocenters. The molecular weight excluding hydrogens is 634 g/mol. The number of nitrogens with zero attached hydrogens (tertiary/aromatic N) is 1. The van der Waals surface area contributed by atoms with Crippen LogP contribution in [0.3, 0.4) is 0 Å². The van der Waals surface area contributed by atoms with Crippen molar-refractivity contribution in [3.63, 3.8) is 0 Å². The van der Waals surface area contributed by atoms with Gasteiger partial charge in [0.15, 0.2) is 17.6 Å². The van der Waals surface area contributed by atoms with E-state index in [2.05, 4.69) is 10.4 Å². The van der Waals surface area contributed by atoms with Crippen molar-refractivity contribution in [2.75, 3.05) is 13.2 Å². The maximum Gasteiger partial charge on any atom is 0.324 e. The summed E-state index contributed by atoms with van der Waals surface area (Å²) < 4.78 is 67.0. The second-order valence-electron chi connectivity index (χ2n) is 10.3. The van der Waals surface area contributed by atoms with Crippen LogP contribution in [-0.4, -0.2) is 72.4 Å². The zero-order valence-electron chi connectivity index (χ0n) is 23.3. The number of nitrogens with one attached hydrogen (secondary N) is 2. The number of ketones is 1. The Morgan fingerprint density at radius 2 is 1.93 bits per heavy atom. The van der Waals surface area contributed by atoms with Crippen molar-refractivity contribution in [3.8, 4) is 5.75 Å².